The van der Waals surface area contributed by atoms with Gasteiger partial charge in [-0.05, 0) is 36.8 Å². The molecule has 1 aromatic carbocycles. The van der Waals surface area contributed by atoms with E-state index >= 15 is 0 Å². The number of hydrogen-bond acceptors (Lipinski definition) is 2. The molecule has 0 atom stereocenters. The maximum atomic E-state index is 10.4. The third kappa shape index (κ3) is 2.78. The highest BCUT2D eigenvalue weighted by Crippen LogP contribution is 2.21. The van der Waals surface area contributed by atoms with Crippen molar-refractivity contribution in [3.05, 3.63) is 52.8 Å². The van der Waals surface area contributed by atoms with Crippen molar-refractivity contribution >= 4 is 23.6 Å². The first-order valence-corrected chi connectivity index (χ1v) is 5.67. The lowest BCUT2D eigenvalue weighted by atomic mass is 10.2. The van der Waals surface area contributed by atoms with Crippen molar-refractivity contribution in [2.45, 2.75) is 6.92 Å². The minimum absolute atomic E-state index is 0.484. The van der Waals surface area contributed by atoms with Crippen LogP contribution in [0.4, 0.5) is 0 Å². The Kier molecular flexibility index (Phi) is 3.48. The van der Waals surface area contributed by atoms with E-state index in [4.69, 9.17) is 16.7 Å². The average molecular weight is 263 g/mol. The summed E-state index contributed by atoms with van der Waals surface area (Å²) in [5.74, 6) is -1.00. The minimum Gasteiger partial charge on any atom is -0.478 e. The standard InChI is InChI=1S/C13H11ClN2O2/c1-9-6-7-16(15-9)11-4-2-10(12(14)8-11)3-5-13(17)18/h2-8H,1H3,(H,17,18)/b5-3+. The van der Waals surface area contributed by atoms with Gasteiger partial charge in [-0.3, -0.25) is 0 Å². The van der Waals surface area contributed by atoms with Crippen LogP contribution < -0.4 is 0 Å². The first-order chi connectivity index (χ1) is 8.56. The van der Waals surface area contributed by atoms with Crippen LogP contribution in [0.1, 0.15) is 11.3 Å². The molecule has 0 bridgehead atoms. The number of carboxylic acids is 1. The monoisotopic (exact) mass is 262 g/mol. The Labute approximate surface area is 109 Å². The van der Waals surface area contributed by atoms with Crippen LogP contribution in [-0.2, 0) is 4.79 Å². The van der Waals surface area contributed by atoms with Crippen molar-refractivity contribution in [3.8, 4) is 5.69 Å². The van der Waals surface area contributed by atoms with Crippen LogP contribution in [0.25, 0.3) is 11.8 Å². The number of carbonyl (C=O) groups is 1. The predicted octanol–water partition coefficient (Wildman–Crippen LogP) is 2.93. The van der Waals surface area contributed by atoms with Crippen LogP contribution in [0.5, 0.6) is 0 Å². The second-order valence-corrected chi connectivity index (χ2v) is 4.19. The fourth-order valence-electron chi connectivity index (χ4n) is 1.51. The number of aromatic nitrogens is 2. The summed E-state index contributed by atoms with van der Waals surface area (Å²) in [4.78, 5) is 10.4. The minimum atomic E-state index is -1.00. The molecule has 18 heavy (non-hydrogen) atoms. The van der Waals surface area contributed by atoms with Crippen LogP contribution in [0, 0.1) is 6.92 Å². The molecule has 92 valence electrons. The Balaban J connectivity index is 2.33. The molecule has 0 radical (unpaired) electrons. The highest BCUT2D eigenvalue weighted by atomic mass is 35.5. The zero-order valence-electron chi connectivity index (χ0n) is 9.67. The van der Waals surface area contributed by atoms with Gasteiger partial charge in [0, 0.05) is 17.3 Å². The van der Waals surface area contributed by atoms with E-state index in [1.54, 1.807) is 16.8 Å². The molecule has 0 fully saturated rings. The largest absolute Gasteiger partial charge is 0.478 e. The number of halogens is 1. The number of benzene rings is 1. The topological polar surface area (TPSA) is 55.1 Å². The quantitative estimate of drug-likeness (QED) is 0.866. The van der Waals surface area contributed by atoms with Gasteiger partial charge >= 0.3 is 5.97 Å². The van der Waals surface area contributed by atoms with Gasteiger partial charge in [0.1, 0.15) is 0 Å². The first kappa shape index (κ1) is 12.4. The molecule has 4 nitrogen and oxygen atoms in total. The average Bonchev–Trinajstić information content (AvgIpc) is 2.74. The lowest BCUT2D eigenvalue weighted by molar-refractivity contribution is -0.131. The summed E-state index contributed by atoms with van der Waals surface area (Å²) in [5.41, 5.74) is 2.41. The summed E-state index contributed by atoms with van der Waals surface area (Å²) in [6.45, 7) is 1.90. The van der Waals surface area contributed by atoms with Crippen molar-refractivity contribution in [2.24, 2.45) is 0 Å². The van der Waals surface area contributed by atoms with E-state index in [1.807, 2.05) is 25.3 Å². The Bertz CT molecular complexity index is 617. The zero-order valence-corrected chi connectivity index (χ0v) is 10.4. The number of aliphatic carboxylic acids is 1. The van der Waals surface area contributed by atoms with Gasteiger partial charge in [-0.15, -0.1) is 0 Å². The molecule has 1 aromatic heterocycles. The maximum absolute atomic E-state index is 10.4. The van der Waals surface area contributed by atoms with E-state index in [0.717, 1.165) is 17.5 Å². The van der Waals surface area contributed by atoms with E-state index in [2.05, 4.69) is 5.10 Å². The van der Waals surface area contributed by atoms with Crippen molar-refractivity contribution < 1.29 is 9.90 Å². The predicted molar refractivity (Wildman–Crippen MR) is 70.0 cm³/mol. The molecular formula is C13H11ClN2O2. The molecule has 0 unspecified atom stereocenters. The van der Waals surface area contributed by atoms with Gasteiger partial charge in [-0.1, -0.05) is 17.7 Å². The molecule has 0 spiro atoms. The van der Waals surface area contributed by atoms with Crippen LogP contribution in [0.15, 0.2) is 36.5 Å². The smallest absolute Gasteiger partial charge is 0.328 e. The van der Waals surface area contributed by atoms with Crippen LogP contribution >= 0.6 is 11.6 Å². The molecule has 2 rings (SSSR count). The second kappa shape index (κ2) is 5.06. The normalized spacial score (nSPS) is 11.0. The Morgan fingerprint density at radius 2 is 2.22 bits per heavy atom. The maximum Gasteiger partial charge on any atom is 0.328 e. The van der Waals surface area contributed by atoms with Crippen LogP contribution in [0.2, 0.25) is 5.02 Å². The molecule has 0 saturated carbocycles. The lowest BCUT2D eigenvalue weighted by Crippen LogP contribution is -1.95. The number of carboxylic acid groups (broad SMARTS) is 1. The lowest BCUT2D eigenvalue weighted by Gasteiger charge is -2.04. The third-order valence-corrected chi connectivity index (χ3v) is 2.70. The molecule has 0 aliphatic rings. The highest BCUT2D eigenvalue weighted by molar-refractivity contribution is 6.32. The summed E-state index contributed by atoms with van der Waals surface area (Å²) in [6, 6.07) is 7.23. The highest BCUT2D eigenvalue weighted by Gasteiger charge is 2.02. The number of hydrogen-bond donors (Lipinski definition) is 1. The van der Waals surface area contributed by atoms with Crippen LogP contribution in [-0.4, -0.2) is 20.9 Å². The zero-order chi connectivity index (χ0) is 13.1. The SMILES string of the molecule is Cc1ccn(-c2ccc(/C=C/C(=O)O)c(Cl)c2)n1. The van der Waals surface area contributed by atoms with Gasteiger partial charge in [-0.25, -0.2) is 9.48 Å². The molecule has 0 saturated heterocycles. The van der Waals surface area contributed by atoms with E-state index in [1.165, 1.54) is 6.08 Å². The van der Waals surface area contributed by atoms with Gasteiger partial charge in [0.15, 0.2) is 0 Å². The number of aryl methyl sites for hydroxylation is 1. The van der Waals surface area contributed by atoms with E-state index < -0.39 is 5.97 Å². The second-order valence-electron chi connectivity index (χ2n) is 3.78. The van der Waals surface area contributed by atoms with Crippen LogP contribution in [0.3, 0.4) is 0 Å². The van der Waals surface area contributed by atoms with E-state index in [-0.39, 0.29) is 0 Å². The van der Waals surface area contributed by atoms with Gasteiger partial charge in [0.2, 0.25) is 0 Å². The molecule has 1 N–H and O–H groups in total. The van der Waals surface area contributed by atoms with Gasteiger partial charge < -0.3 is 5.11 Å². The summed E-state index contributed by atoms with van der Waals surface area (Å²) in [7, 11) is 0. The molecule has 0 aliphatic carbocycles. The van der Waals surface area contributed by atoms with Crippen molar-refractivity contribution in [1.82, 2.24) is 9.78 Å². The van der Waals surface area contributed by atoms with Crippen molar-refractivity contribution in [3.63, 3.8) is 0 Å². The summed E-state index contributed by atoms with van der Waals surface area (Å²) in [5, 5.41) is 13.3. The number of rotatable bonds is 3. The van der Waals surface area contributed by atoms with Gasteiger partial charge in [0.05, 0.1) is 11.4 Å². The molecule has 0 aliphatic heterocycles. The van der Waals surface area contributed by atoms with Crippen molar-refractivity contribution in [1.29, 1.82) is 0 Å². The Hall–Kier alpha value is -2.07. The molecule has 0 amide bonds. The molecular weight excluding hydrogens is 252 g/mol. The van der Waals surface area contributed by atoms with E-state index in [0.29, 0.717) is 10.6 Å². The molecule has 5 heteroatoms. The Morgan fingerprint density at radius 1 is 1.44 bits per heavy atom. The van der Waals surface area contributed by atoms with Gasteiger partial charge in [0.25, 0.3) is 0 Å². The summed E-state index contributed by atoms with van der Waals surface area (Å²) < 4.78 is 1.71. The van der Waals surface area contributed by atoms with Gasteiger partial charge in [-0.2, -0.15) is 5.10 Å². The number of nitrogens with zero attached hydrogens (tertiary/aromatic N) is 2. The Morgan fingerprint density at radius 3 is 2.78 bits per heavy atom. The first-order valence-electron chi connectivity index (χ1n) is 5.29. The fraction of sp³-hybridized carbons (Fsp3) is 0.0769. The fourth-order valence-corrected chi connectivity index (χ4v) is 1.75. The van der Waals surface area contributed by atoms with Crippen molar-refractivity contribution in [2.75, 3.05) is 0 Å². The molecule has 2 aromatic rings. The summed E-state index contributed by atoms with van der Waals surface area (Å²) in [6.07, 6.45) is 4.36. The molecule has 1 heterocycles. The van der Waals surface area contributed by atoms with E-state index in [9.17, 15) is 4.79 Å². The third-order valence-electron chi connectivity index (χ3n) is 2.38. The summed E-state index contributed by atoms with van der Waals surface area (Å²) >= 11 is 6.08.